The summed E-state index contributed by atoms with van der Waals surface area (Å²) in [6.07, 6.45) is 0.766. The molecule has 1 aromatic rings. The van der Waals surface area contributed by atoms with E-state index < -0.39 is 6.04 Å². The van der Waals surface area contributed by atoms with Crippen LogP contribution in [0.2, 0.25) is 0 Å². The third-order valence-corrected chi connectivity index (χ3v) is 3.35. The molecule has 1 rings (SSSR count). The van der Waals surface area contributed by atoms with Crippen molar-refractivity contribution in [1.29, 1.82) is 0 Å². The van der Waals surface area contributed by atoms with E-state index in [-0.39, 0.29) is 18.3 Å². The molecule has 0 radical (unpaired) electrons. The molecular weight excluding hydrogens is 258 g/mol. The summed E-state index contributed by atoms with van der Waals surface area (Å²) in [5, 5.41) is 5.97. The number of hydrogen-bond acceptors (Lipinski definition) is 4. The highest BCUT2D eigenvalue weighted by Gasteiger charge is 2.08. The minimum atomic E-state index is -0.443. The molecule has 0 aliphatic heterocycles. The molecule has 0 saturated carbocycles. The van der Waals surface area contributed by atoms with Crippen molar-refractivity contribution >= 4 is 29.7 Å². The van der Waals surface area contributed by atoms with Gasteiger partial charge in [-0.3, -0.25) is 4.79 Å². The Morgan fingerprint density at radius 2 is 2.18 bits per heavy atom. The summed E-state index contributed by atoms with van der Waals surface area (Å²) < 4.78 is 0. The Labute approximate surface area is 112 Å². The lowest BCUT2D eigenvalue weighted by Gasteiger charge is -2.06. The van der Waals surface area contributed by atoms with Gasteiger partial charge >= 0.3 is 0 Å². The van der Waals surface area contributed by atoms with Gasteiger partial charge in [-0.05, 0) is 6.92 Å². The first-order valence-electron chi connectivity index (χ1n) is 5.48. The third kappa shape index (κ3) is 5.48. The van der Waals surface area contributed by atoms with Crippen LogP contribution in [0.1, 0.15) is 37.4 Å². The zero-order chi connectivity index (χ0) is 12.1. The van der Waals surface area contributed by atoms with Crippen molar-refractivity contribution in [3.63, 3.8) is 0 Å². The zero-order valence-electron chi connectivity index (χ0n) is 10.4. The number of hydrogen-bond donors (Lipinski definition) is 2. The third-order valence-electron chi connectivity index (χ3n) is 2.16. The zero-order valence-corrected chi connectivity index (χ0v) is 12.0. The summed E-state index contributed by atoms with van der Waals surface area (Å²) in [6.45, 7) is 6.53. The highest BCUT2D eigenvalue weighted by atomic mass is 35.5. The SMILES string of the molecule is CC(N)C(=O)NCCc1csc(C(C)C)n1.Cl. The first kappa shape index (κ1) is 16.4. The highest BCUT2D eigenvalue weighted by molar-refractivity contribution is 7.09. The van der Waals surface area contributed by atoms with Gasteiger partial charge in [0.05, 0.1) is 16.7 Å². The molecule has 0 bridgehead atoms. The largest absolute Gasteiger partial charge is 0.354 e. The normalized spacial score (nSPS) is 12.1. The molecule has 98 valence electrons. The molecule has 1 heterocycles. The molecule has 1 aromatic heterocycles. The molecule has 0 aliphatic carbocycles. The van der Waals surface area contributed by atoms with Crippen LogP contribution in [0.5, 0.6) is 0 Å². The van der Waals surface area contributed by atoms with Crippen LogP contribution >= 0.6 is 23.7 Å². The molecule has 17 heavy (non-hydrogen) atoms. The molecule has 6 heteroatoms. The predicted octanol–water partition coefficient (Wildman–Crippen LogP) is 1.69. The van der Waals surface area contributed by atoms with E-state index in [1.54, 1.807) is 18.3 Å². The van der Waals surface area contributed by atoms with E-state index in [1.807, 2.05) is 5.38 Å². The Morgan fingerprint density at radius 3 is 2.65 bits per heavy atom. The second-order valence-corrected chi connectivity index (χ2v) is 5.05. The maximum absolute atomic E-state index is 11.2. The standard InChI is InChI=1S/C11H19N3OS.ClH/c1-7(2)11-14-9(6-16-11)4-5-13-10(15)8(3)12;/h6-8H,4-5,12H2,1-3H3,(H,13,15);1H. The molecule has 1 unspecified atom stereocenters. The number of carbonyl (C=O) groups excluding carboxylic acids is 1. The summed E-state index contributed by atoms with van der Waals surface area (Å²) in [4.78, 5) is 15.7. The van der Waals surface area contributed by atoms with E-state index in [1.165, 1.54) is 0 Å². The van der Waals surface area contributed by atoms with E-state index >= 15 is 0 Å². The monoisotopic (exact) mass is 277 g/mol. The Kier molecular flexibility index (Phi) is 7.34. The van der Waals surface area contributed by atoms with Gasteiger partial charge in [-0.15, -0.1) is 23.7 Å². The van der Waals surface area contributed by atoms with E-state index in [4.69, 9.17) is 5.73 Å². The quantitative estimate of drug-likeness (QED) is 0.861. The van der Waals surface area contributed by atoms with E-state index in [0.29, 0.717) is 12.5 Å². The van der Waals surface area contributed by atoms with Gasteiger partial charge in [0, 0.05) is 24.3 Å². The van der Waals surface area contributed by atoms with Crippen LogP contribution in [-0.4, -0.2) is 23.5 Å². The van der Waals surface area contributed by atoms with Crippen LogP contribution in [0.15, 0.2) is 5.38 Å². The van der Waals surface area contributed by atoms with Gasteiger partial charge in [0.15, 0.2) is 0 Å². The Balaban J connectivity index is 0.00000256. The Bertz CT molecular complexity index is 352. The fourth-order valence-electron chi connectivity index (χ4n) is 1.18. The summed E-state index contributed by atoms with van der Waals surface area (Å²) in [5.41, 5.74) is 6.47. The number of amides is 1. The lowest BCUT2D eigenvalue weighted by Crippen LogP contribution is -2.39. The van der Waals surface area contributed by atoms with E-state index in [0.717, 1.165) is 17.1 Å². The van der Waals surface area contributed by atoms with Crippen molar-refractivity contribution in [3.05, 3.63) is 16.1 Å². The van der Waals surface area contributed by atoms with Crippen molar-refractivity contribution in [3.8, 4) is 0 Å². The van der Waals surface area contributed by atoms with Crippen LogP contribution in [0.25, 0.3) is 0 Å². The number of nitrogens with one attached hydrogen (secondary N) is 1. The van der Waals surface area contributed by atoms with E-state index in [2.05, 4.69) is 24.1 Å². The molecule has 3 N–H and O–H groups in total. The van der Waals surface area contributed by atoms with Crippen LogP contribution in [-0.2, 0) is 11.2 Å². The van der Waals surface area contributed by atoms with Crippen LogP contribution in [0, 0.1) is 0 Å². The molecule has 0 aromatic carbocycles. The summed E-state index contributed by atoms with van der Waals surface area (Å²) in [5.74, 6) is 0.358. The molecule has 1 amide bonds. The predicted molar refractivity (Wildman–Crippen MR) is 73.8 cm³/mol. The first-order valence-corrected chi connectivity index (χ1v) is 6.36. The maximum atomic E-state index is 11.2. The first-order chi connectivity index (χ1) is 7.50. The molecular formula is C11H20ClN3OS. The molecule has 0 saturated heterocycles. The van der Waals surface area contributed by atoms with Crippen molar-refractivity contribution in [2.24, 2.45) is 5.73 Å². The topological polar surface area (TPSA) is 68.0 Å². The van der Waals surface area contributed by atoms with Gasteiger partial charge in [0.2, 0.25) is 5.91 Å². The second kappa shape index (κ2) is 7.63. The van der Waals surface area contributed by atoms with Crippen molar-refractivity contribution < 1.29 is 4.79 Å². The number of carbonyl (C=O) groups is 1. The number of halogens is 1. The van der Waals surface area contributed by atoms with Gasteiger partial charge < -0.3 is 11.1 Å². The average Bonchev–Trinajstić information content (AvgIpc) is 2.66. The van der Waals surface area contributed by atoms with Crippen molar-refractivity contribution in [2.75, 3.05) is 6.54 Å². The number of rotatable bonds is 5. The number of nitrogens with zero attached hydrogens (tertiary/aromatic N) is 1. The smallest absolute Gasteiger partial charge is 0.236 e. The van der Waals surface area contributed by atoms with Gasteiger partial charge in [-0.2, -0.15) is 0 Å². The minimum absolute atomic E-state index is 0. The molecule has 0 aliphatic rings. The maximum Gasteiger partial charge on any atom is 0.236 e. The van der Waals surface area contributed by atoms with Crippen LogP contribution in [0.3, 0.4) is 0 Å². The number of thiazole rings is 1. The molecule has 1 atom stereocenters. The lowest BCUT2D eigenvalue weighted by molar-refractivity contribution is -0.121. The Hall–Kier alpha value is -0.650. The lowest BCUT2D eigenvalue weighted by atomic mass is 10.2. The summed E-state index contributed by atoms with van der Waals surface area (Å²) in [6, 6.07) is -0.443. The molecule has 4 nitrogen and oxygen atoms in total. The fraction of sp³-hybridized carbons (Fsp3) is 0.636. The molecule has 0 spiro atoms. The average molecular weight is 278 g/mol. The van der Waals surface area contributed by atoms with Gasteiger partial charge in [-0.1, -0.05) is 13.8 Å². The van der Waals surface area contributed by atoms with Crippen molar-refractivity contribution in [2.45, 2.75) is 39.2 Å². The minimum Gasteiger partial charge on any atom is -0.354 e. The highest BCUT2D eigenvalue weighted by Crippen LogP contribution is 2.19. The summed E-state index contributed by atoms with van der Waals surface area (Å²) in [7, 11) is 0. The van der Waals surface area contributed by atoms with Gasteiger partial charge in [0.1, 0.15) is 0 Å². The fourth-order valence-corrected chi connectivity index (χ4v) is 2.05. The second-order valence-electron chi connectivity index (χ2n) is 4.16. The van der Waals surface area contributed by atoms with Gasteiger partial charge in [-0.25, -0.2) is 4.98 Å². The molecule has 0 fully saturated rings. The van der Waals surface area contributed by atoms with Gasteiger partial charge in [0.25, 0.3) is 0 Å². The summed E-state index contributed by atoms with van der Waals surface area (Å²) >= 11 is 1.67. The Morgan fingerprint density at radius 1 is 1.53 bits per heavy atom. The number of aromatic nitrogens is 1. The van der Waals surface area contributed by atoms with Crippen LogP contribution in [0.4, 0.5) is 0 Å². The van der Waals surface area contributed by atoms with Crippen molar-refractivity contribution in [1.82, 2.24) is 10.3 Å². The van der Waals surface area contributed by atoms with Crippen LogP contribution < -0.4 is 11.1 Å². The number of nitrogens with two attached hydrogens (primary N) is 1. The van der Waals surface area contributed by atoms with E-state index in [9.17, 15) is 4.79 Å².